The van der Waals surface area contributed by atoms with Gasteiger partial charge < -0.3 is 4.74 Å². The molecule has 0 aliphatic carbocycles. The highest BCUT2D eigenvalue weighted by atomic mass is 16.5. The third-order valence-electron chi connectivity index (χ3n) is 8.73. The zero-order valence-corrected chi connectivity index (χ0v) is 30.6. The number of carbonyl (C=O) groups is 1. The molecule has 2 aromatic carbocycles. The second-order valence-corrected chi connectivity index (χ2v) is 17.8. The Labute approximate surface area is 261 Å². The van der Waals surface area contributed by atoms with Crippen LogP contribution in [0.2, 0.25) is 0 Å². The summed E-state index contributed by atoms with van der Waals surface area (Å²) in [5.74, 6) is 2.38. The van der Waals surface area contributed by atoms with Gasteiger partial charge in [-0.3, -0.25) is 4.79 Å². The van der Waals surface area contributed by atoms with E-state index in [9.17, 15) is 4.79 Å². The van der Waals surface area contributed by atoms with Gasteiger partial charge >= 0.3 is 5.97 Å². The minimum Gasteiger partial charge on any atom is -0.426 e. The Morgan fingerprint density at radius 3 is 1.45 bits per heavy atom. The molecule has 0 N–H and O–H groups in total. The number of ether oxygens (including phenoxy) is 1. The van der Waals surface area contributed by atoms with E-state index in [1.54, 1.807) is 0 Å². The van der Waals surface area contributed by atoms with Crippen molar-refractivity contribution < 1.29 is 9.53 Å². The summed E-state index contributed by atoms with van der Waals surface area (Å²) < 4.78 is 6.04. The summed E-state index contributed by atoms with van der Waals surface area (Å²) in [4.78, 5) is 13.3. The molecule has 2 atom stereocenters. The van der Waals surface area contributed by atoms with E-state index in [1.165, 1.54) is 23.1 Å². The molecule has 0 amide bonds. The summed E-state index contributed by atoms with van der Waals surface area (Å²) in [6.45, 7) is 37.5. The molecule has 0 heterocycles. The molecule has 2 rings (SSSR count). The van der Waals surface area contributed by atoms with Gasteiger partial charge in [0.15, 0.2) is 0 Å². The van der Waals surface area contributed by atoms with Gasteiger partial charge in [0, 0.05) is 0 Å². The fourth-order valence-electron chi connectivity index (χ4n) is 5.40. The Kier molecular flexibility index (Phi) is 12.8. The Hall–Kier alpha value is -2.09. The maximum atomic E-state index is 13.3. The number of hydrogen-bond donors (Lipinski definition) is 0. The van der Waals surface area contributed by atoms with Gasteiger partial charge in [0.05, 0.1) is 5.41 Å². The fourth-order valence-corrected chi connectivity index (χ4v) is 5.40. The van der Waals surface area contributed by atoms with Crippen LogP contribution in [0.15, 0.2) is 48.5 Å². The van der Waals surface area contributed by atoms with Crippen LogP contribution >= 0.6 is 0 Å². The van der Waals surface area contributed by atoms with E-state index in [0.29, 0.717) is 23.0 Å². The van der Waals surface area contributed by atoms with Crippen molar-refractivity contribution in [3.63, 3.8) is 0 Å². The first-order valence-electron chi connectivity index (χ1n) is 16.2. The second-order valence-electron chi connectivity index (χ2n) is 17.8. The van der Waals surface area contributed by atoms with Crippen LogP contribution in [0.1, 0.15) is 153 Å². The molecule has 0 saturated carbocycles. The van der Waals surface area contributed by atoms with E-state index in [-0.39, 0.29) is 22.2 Å². The molecule has 0 aliphatic rings. The molecule has 0 fully saturated rings. The van der Waals surface area contributed by atoms with Crippen molar-refractivity contribution in [2.75, 3.05) is 0 Å². The molecular weight excluding hydrogens is 512 g/mol. The third kappa shape index (κ3) is 11.2. The van der Waals surface area contributed by atoms with Gasteiger partial charge in [0.25, 0.3) is 0 Å². The number of benzene rings is 2. The lowest BCUT2D eigenvalue weighted by atomic mass is 9.64. The van der Waals surface area contributed by atoms with Crippen LogP contribution in [0.3, 0.4) is 0 Å². The average molecular weight is 579 g/mol. The largest absolute Gasteiger partial charge is 0.426 e. The predicted molar refractivity (Wildman–Crippen MR) is 185 cm³/mol. The highest BCUT2D eigenvalue weighted by molar-refractivity contribution is 5.80. The van der Waals surface area contributed by atoms with Crippen LogP contribution < -0.4 is 4.74 Å². The van der Waals surface area contributed by atoms with Crippen LogP contribution in [0, 0.1) is 28.1 Å². The van der Waals surface area contributed by atoms with E-state index >= 15 is 0 Å². The summed E-state index contributed by atoms with van der Waals surface area (Å²) in [5.41, 5.74) is 3.49. The van der Waals surface area contributed by atoms with Crippen molar-refractivity contribution in [2.45, 2.75) is 147 Å². The SMILES string of the molecule is CC(C)CC(C)(C(=O)Oc1cc(C(C)(C)C)cc(C(C)(C)C)c1)C(C)(C)C.CC(C)CC(c1ccccc1)C(C)(C)C. The number of carbonyl (C=O) groups excluding carboxylic acids is 1. The number of rotatable bonds is 7. The first kappa shape index (κ1) is 37.9. The summed E-state index contributed by atoms with van der Waals surface area (Å²) >= 11 is 0. The molecule has 2 aromatic rings. The molecule has 42 heavy (non-hydrogen) atoms. The minimum absolute atomic E-state index is 0.00627. The van der Waals surface area contributed by atoms with E-state index in [4.69, 9.17) is 4.74 Å². The van der Waals surface area contributed by atoms with Gasteiger partial charge in [-0.2, -0.15) is 0 Å². The Morgan fingerprint density at radius 1 is 0.667 bits per heavy atom. The minimum atomic E-state index is -0.541. The molecule has 0 saturated heterocycles. The number of esters is 1. The van der Waals surface area contributed by atoms with Gasteiger partial charge in [-0.05, 0) is 88.0 Å². The van der Waals surface area contributed by atoms with Crippen molar-refractivity contribution in [3.8, 4) is 5.75 Å². The zero-order chi connectivity index (χ0) is 32.9. The lowest BCUT2D eigenvalue weighted by Gasteiger charge is -2.40. The first-order valence-corrected chi connectivity index (χ1v) is 16.2. The lowest BCUT2D eigenvalue weighted by Crippen LogP contribution is -2.44. The van der Waals surface area contributed by atoms with E-state index < -0.39 is 5.41 Å². The van der Waals surface area contributed by atoms with Gasteiger partial charge in [0.2, 0.25) is 0 Å². The second kappa shape index (κ2) is 14.1. The topological polar surface area (TPSA) is 26.3 Å². The average Bonchev–Trinajstić information content (AvgIpc) is 2.80. The molecule has 0 spiro atoms. The molecule has 2 unspecified atom stereocenters. The normalized spacial score (nSPS) is 15.1. The van der Waals surface area contributed by atoms with E-state index in [1.807, 2.05) is 19.1 Å². The van der Waals surface area contributed by atoms with Crippen molar-refractivity contribution in [1.29, 1.82) is 0 Å². The van der Waals surface area contributed by atoms with Crippen molar-refractivity contribution >= 4 is 5.97 Å². The molecule has 2 nitrogen and oxygen atoms in total. The van der Waals surface area contributed by atoms with Crippen LogP contribution in [-0.4, -0.2) is 5.97 Å². The van der Waals surface area contributed by atoms with Crippen LogP contribution in [0.25, 0.3) is 0 Å². The molecule has 0 bridgehead atoms. The lowest BCUT2D eigenvalue weighted by molar-refractivity contribution is -0.153. The smallest absolute Gasteiger partial charge is 0.317 e. The Morgan fingerprint density at radius 2 is 1.12 bits per heavy atom. The molecule has 238 valence electrons. The van der Waals surface area contributed by atoms with Crippen molar-refractivity contribution in [1.82, 2.24) is 0 Å². The number of hydrogen-bond acceptors (Lipinski definition) is 2. The molecule has 2 heteroatoms. The van der Waals surface area contributed by atoms with Crippen molar-refractivity contribution in [3.05, 3.63) is 65.2 Å². The highest BCUT2D eigenvalue weighted by Crippen LogP contribution is 2.45. The summed E-state index contributed by atoms with van der Waals surface area (Å²) in [6.07, 6.45) is 2.08. The van der Waals surface area contributed by atoms with Gasteiger partial charge in [0.1, 0.15) is 5.75 Å². The highest BCUT2D eigenvalue weighted by Gasteiger charge is 2.46. The van der Waals surface area contributed by atoms with Crippen LogP contribution in [0.4, 0.5) is 0 Å². The quantitative estimate of drug-likeness (QED) is 0.241. The Bertz CT molecular complexity index is 1080. The Balaban J connectivity index is 0.000000495. The monoisotopic (exact) mass is 579 g/mol. The predicted octanol–water partition coefficient (Wildman–Crippen LogP) is 12.1. The fraction of sp³-hybridized carbons (Fsp3) is 0.675. The summed E-state index contributed by atoms with van der Waals surface area (Å²) in [5, 5.41) is 0. The van der Waals surface area contributed by atoms with E-state index in [2.05, 4.69) is 147 Å². The first-order chi connectivity index (χ1) is 18.8. The molecule has 0 aliphatic heterocycles. The molecule has 0 aromatic heterocycles. The maximum Gasteiger partial charge on any atom is 0.317 e. The van der Waals surface area contributed by atoms with Gasteiger partial charge in [-0.1, -0.05) is 147 Å². The van der Waals surface area contributed by atoms with Crippen molar-refractivity contribution in [2.24, 2.45) is 28.1 Å². The van der Waals surface area contributed by atoms with Gasteiger partial charge in [-0.15, -0.1) is 0 Å². The molecular formula is C40H66O2. The summed E-state index contributed by atoms with van der Waals surface area (Å²) in [6, 6.07) is 17.2. The summed E-state index contributed by atoms with van der Waals surface area (Å²) in [7, 11) is 0. The van der Waals surface area contributed by atoms with Crippen LogP contribution in [-0.2, 0) is 15.6 Å². The van der Waals surface area contributed by atoms with Gasteiger partial charge in [-0.25, -0.2) is 0 Å². The standard InChI is InChI=1S/C25H42O2.C15H24/c1-17(2)16-25(12,24(9,10)11)21(26)27-20-14-18(22(3,4)5)13-19(15-20)23(6,7)8;1-12(2)11-14(15(3,4)5)13-9-7-6-8-10-13/h13-15,17H,16H2,1-12H3;6-10,12,14H,11H2,1-5H3. The zero-order valence-electron chi connectivity index (χ0n) is 30.6. The molecule has 0 radical (unpaired) electrons. The third-order valence-corrected chi connectivity index (χ3v) is 8.73. The van der Waals surface area contributed by atoms with Crippen LogP contribution in [0.5, 0.6) is 5.75 Å². The maximum absolute atomic E-state index is 13.3. The van der Waals surface area contributed by atoms with E-state index in [0.717, 1.165) is 12.3 Å².